The number of aryl methyl sites for hydroxylation is 1. The van der Waals surface area contributed by atoms with E-state index >= 15 is 0 Å². The van der Waals surface area contributed by atoms with Crippen LogP contribution in [-0.4, -0.2) is 10.9 Å². The molecule has 1 aromatic heterocycles. The van der Waals surface area contributed by atoms with Gasteiger partial charge in [-0.25, -0.2) is 9.37 Å². The topological polar surface area (TPSA) is 42.0 Å². The van der Waals surface area contributed by atoms with E-state index in [0.29, 0.717) is 5.13 Å². The fourth-order valence-electron chi connectivity index (χ4n) is 1.47. The lowest BCUT2D eigenvalue weighted by atomic mass is 10.1. The van der Waals surface area contributed by atoms with E-state index in [9.17, 15) is 9.18 Å². The number of aromatic nitrogens is 1. The van der Waals surface area contributed by atoms with E-state index in [2.05, 4.69) is 10.3 Å². The van der Waals surface area contributed by atoms with Gasteiger partial charge in [-0.05, 0) is 24.6 Å². The molecule has 0 saturated heterocycles. The molecule has 0 aliphatic carbocycles. The lowest BCUT2D eigenvalue weighted by Crippen LogP contribution is -2.04. The van der Waals surface area contributed by atoms with Crippen molar-refractivity contribution in [2.75, 3.05) is 5.32 Å². The third kappa shape index (κ3) is 2.68. The number of anilines is 1. The van der Waals surface area contributed by atoms with Gasteiger partial charge in [-0.15, -0.1) is 0 Å². The highest BCUT2D eigenvalue weighted by molar-refractivity contribution is 7.19. The van der Waals surface area contributed by atoms with E-state index in [0.717, 1.165) is 16.1 Å². The summed E-state index contributed by atoms with van der Waals surface area (Å²) in [7, 11) is 0. The van der Waals surface area contributed by atoms with E-state index in [4.69, 9.17) is 0 Å². The first-order chi connectivity index (χ1) is 8.06. The molecule has 1 amide bonds. The number of hydrogen-bond donors (Lipinski definition) is 1. The minimum absolute atomic E-state index is 0.149. The summed E-state index contributed by atoms with van der Waals surface area (Å²) in [5.41, 5.74) is 1.73. The Morgan fingerprint density at radius 2 is 2.00 bits per heavy atom. The predicted molar refractivity (Wildman–Crippen MR) is 66.5 cm³/mol. The van der Waals surface area contributed by atoms with Crippen LogP contribution in [0.4, 0.5) is 9.52 Å². The smallest absolute Gasteiger partial charge is 0.223 e. The minimum atomic E-state index is -0.266. The molecule has 0 radical (unpaired) electrons. The first kappa shape index (κ1) is 11.7. The Kier molecular flexibility index (Phi) is 3.19. The Hall–Kier alpha value is -1.75. The Bertz CT molecular complexity index is 548. The summed E-state index contributed by atoms with van der Waals surface area (Å²) in [6.45, 7) is 3.30. The SMILES string of the molecule is CC(=O)Nc1nc(C)c(-c2ccc(F)cc2)s1. The predicted octanol–water partition coefficient (Wildman–Crippen LogP) is 3.22. The van der Waals surface area contributed by atoms with Crippen LogP contribution in [0.2, 0.25) is 0 Å². The largest absolute Gasteiger partial charge is 0.302 e. The van der Waals surface area contributed by atoms with Crippen molar-refractivity contribution < 1.29 is 9.18 Å². The zero-order valence-electron chi connectivity index (χ0n) is 9.45. The normalized spacial score (nSPS) is 10.3. The summed E-state index contributed by atoms with van der Waals surface area (Å²) in [6.07, 6.45) is 0. The van der Waals surface area contributed by atoms with Crippen molar-refractivity contribution in [3.05, 3.63) is 35.8 Å². The lowest BCUT2D eigenvalue weighted by molar-refractivity contribution is -0.114. The first-order valence-corrected chi connectivity index (χ1v) is 5.89. The number of carbonyl (C=O) groups excluding carboxylic acids is 1. The molecule has 0 bridgehead atoms. The molecule has 0 aliphatic heterocycles. The second kappa shape index (κ2) is 4.63. The average molecular weight is 250 g/mol. The van der Waals surface area contributed by atoms with Gasteiger partial charge in [-0.3, -0.25) is 4.79 Å². The quantitative estimate of drug-likeness (QED) is 0.889. The highest BCUT2D eigenvalue weighted by atomic mass is 32.1. The van der Waals surface area contributed by atoms with Gasteiger partial charge >= 0.3 is 0 Å². The molecule has 0 saturated carbocycles. The third-order valence-corrected chi connectivity index (χ3v) is 3.31. The van der Waals surface area contributed by atoms with Gasteiger partial charge in [-0.1, -0.05) is 23.5 Å². The molecule has 17 heavy (non-hydrogen) atoms. The number of carbonyl (C=O) groups is 1. The molecule has 1 aromatic carbocycles. The molecule has 2 aromatic rings. The van der Waals surface area contributed by atoms with Gasteiger partial charge in [0.15, 0.2) is 5.13 Å². The molecule has 1 N–H and O–H groups in total. The summed E-state index contributed by atoms with van der Waals surface area (Å²) >= 11 is 1.38. The van der Waals surface area contributed by atoms with Crippen molar-refractivity contribution in [3.8, 4) is 10.4 Å². The van der Waals surface area contributed by atoms with Gasteiger partial charge in [-0.2, -0.15) is 0 Å². The molecule has 1 heterocycles. The van der Waals surface area contributed by atoms with Crippen molar-refractivity contribution in [1.82, 2.24) is 4.98 Å². The number of nitrogens with one attached hydrogen (secondary N) is 1. The standard InChI is InChI=1S/C12H11FN2OS/c1-7-11(9-3-5-10(13)6-4-9)17-12(14-7)15-8(2)16/h3-6H,1-2H3,(H,14,15,16). The van der Waals surface area contributed by atoms with Gasteiger partial charge in [0.25, 0.3) is 0 Å². The van der Waals surface area contributed by atoms with Gasteiger partial charge in [0.1, 0.15) is 5.82 Å². The third-order valence-electron chi connectivity index (χ3n) is 2.19. The highest BCUT2D eigenvalue weighted by Gasteiger charge is 2.10. The zero-order chi connectivity index (χ0) is 12.4. The fourth-order valence-corrected chi connectivity index (χ4v) is 2.49. The van der Waals surface area contributed by atoms with Crippen LogP contribution >= 0.6 is 11.3 Å². The van der Waals surface area contributed by atoms with E-state index in [1.54, 1.807) is 12.1 Å². The number of halogens is 1. The summed E-state index contributed by atoms with van der Waals surface area (Å²) in [6, 6.07) is 6.22. The van der Waals surface area contributed by atoms with Crippen molar-refractivity contribution in [3.63, 3.8) is 0 Å². The van der Waals surface area contributed by atoms with E-state index in [-0.39, 0.29) is 11.7 Å². The van der Waals surface area contributed by atoms with Crippen molar-refractivity contribution in [2.24, 2.45) is 0 Å². The molecule has 2 rings (SSSR count). The molecule has 88 valence electrons. The zero-order valence-corrected chi connectivity index (χ0v) is 10.3. The Labute approximate surface area is 102 Å². The number of thiazole rings is 1. The van der Waals surface area contributed by atoms with Gasteiger partial charge in [0, 0.05) is 6.92 Å². The van der Waals surface area contributed by atoms with Crippen LogP contribution in [0.5, 0.6) is 0 Å². The van der Waals surface area contributed by atoms with Crippen LogP contribution < -0.4 is 5.32 Å². The van der Waals surface area contributed by atoms with Crippen molar-refractivity contribution >= 4 is 22.4 Å². The maximum absolute atomic E-state index is 12.8. The summed E-state index contributed by atoms with van der Waals surface area (Å²) in [4.78, 5) is 16.1. The number of nitrogens with zero attached hydrogens (tertiary/aromatic N) is 1. The number of benzene rings is 1. The molecule has 0 aliphatic rings. The van der Waals surface area contributed by atoms with E-state index < -0.39 is 0 Å². The average Bonchev–Trinajstić information content (AvgIpc) is 2.59. The monoisotopic (exact) mass is 250 g/mol. The van der Waals surface area contributed by atoms with Crippen LogP contribution in [0.25, 0.3) is 10.4 Å². The van der Waals surface area contributed by atoms with E-state index in [1.165, 1.54) is 30.4 Å². The summed E-state index contributed by atoms with van der Waals surface area (Å²) < 4.78 is 12.8. The molecule has 3 nitrogen and oxygen atoms in total. The van der Waals surface area contributed by atoms with Crippen LogP contribution in [0.15, 0.2) is 24.3 Å². The van der Waals surface area contributed by atoms with Crippen LogP contribution in [-0.2, 0) is 4.79 Å². The number of hydrogen-bond acceptors (Lipinski definition) is 3. The van der Waals surface area contributed by atoms with E-state index in [1.807, 2.05) is 6.92 Å². The molecule has 5 heteroatoms. The molecular weight excluding hydrogens is 239 g/mol. The maximum atomic E-state index is 12.8. The highest BCUT2D eigenvalue weighted by Crippen LogP contribution is 2.32. The van der Waals surface area contributed by atoms with Crippen molar-refractivity contribution in [2.45, 2.75) is 13.8 Å². The first-order valence-electron chi connectivity index (χ1n) is 5.07. The summed E-state index contributed by atoms with van der Waals surface area (Å²) in [5.74, 6) is -0.414. The van der Waals surface area contributed by atoms with Gasteiger partial charge < -0.3 is 5.32 Å². The molecule has 0 fully saturated rings. The molecular formula is C12H11FN2OS. The maximum Gasteiger partial charge on any atom is 0.223 e. The summed E-state index contributed by atoms with van der Waals surface area (Å²) in [5, 5.41) is 3.21. The second-order valence-corrected chi connectivity index (χ2v) is 4.62. The molecule has 0 unspecified atom stereocenters. The van der Waals surface area contributed by atoms with Gasteiger partial charge in [0.05, 0.1) is 10.6 Å². The number of rotatable bonds is 2. The molecule has 0 atom stereocenters. The Morgan fingerprint density at radius 1 is 1.35 bits per heavy atom. The van der Waals surface area contributed by atoms with Gasteiger partial charge in [0.2, 0.25) is 5.91 Å². The number of amides is 1. The minimum Gasteiger partial charge on any atom is -0.302 e. The van der Waals surface area contributed by atoms with Crippen molar-refractivity contribution in [1.29, 1.82) is 0 Å². The lowest BCUT2D eigenvalue weighted by Gasteiger charge is -1.97. The fraction of sp³-hybridized carbons (Fsp3) is 0.167. The van der Waals surface area contributed by atoms with Crippen LogP contribution in [0.1, 0.15) is 12.6 Å². The second-order valence-electron chi connectivity index (χ2n) is 3.62. The Morgan fingerprint density at radius 3 is 2.59 bits per heavy atom. The Balaban J connectivity index is 2.35. The van der Waals surface area contributed by atoms with Crippen LogP contribution in [0, 0.1) is 12.7 Å². The van der Waals surface area contributed by atoms with Crippen LogP contribution in [0.3, 0.4) is 0 Å². The molecule has 0 spiro atoms.